The molecule has 0 fully saturated rings. The monoisotopic (exact) mass is 225 g/mol. The Kier molecular flexibility index (Phi) is 4.52. The van der Waals surface area contributed by atoms with Gasteiger partial charge in [0.05, 0.1) is 6.54 Å². The number of hydrogen-bond acceptors (Lipinski definition) is 1. The molecule has 0 aliphatic heterocycles. The second-order valence-electron chi connectivity index (χ2n) is 4.06. The number of imidazole rings is 1. The molecule has 4 nitrogen and oxygen atoms in total. The Hall–Kier alpha value is -1.32. The average molecular weight is 225 g/mol. The predicted molar refractivity (Wildman–Crippen MR) is 61.3 cm³/mol. The van der Waals surface area contributed by atoms with E-state index in [1.807, 2.05) is 17.7 Å². The number of aryl methyl sites for hydroxylation is 1. The third-order valence-electron chi connectivity index (χ3n) is 2.79. The molecule has 0 atom stereocenters. The van der Waals surface area contributed by atoms with Crippen LogP contribution in [-0.2, 0) is 24.3 Å². The molecule has 1 aromatic heterocycles. The highest BCUT2D eigenvalue weighted by Gasteiger charge is 2.20. The van der Waals surface area contributed by atoms with Crippen molar-refractivity contribution in [1.29, 1.82) is 0 Å². The molecule has 1 rings (SSSR count). The minimum absolute atomic E-state index is 0.0624. The second-order valence-corrected chi connectivity index (χ2v) is 4.06. The number of unbranched alkanes of at least 4 members (excludes halogenated alkanes) is 1. The molecule has 0 bridgehead atoms. The first-order valence-corrected chi connectivity index (χ1v) is 5.90. The molecular weight excluding hydrogens is 204 g/mol. The summed E-state index contributed by atoms with van der Waals surface area (Å²) in [5, 5.41) is 8.86. The highest BCUT2D eigenvalue weighted by Crippen LogP contribution is 2.06. The Morgan fingerprint density at radius 2 is 2.19 bits per heavy atom. The van der Waals surface area contributed by atoms with Crippen molar-refractivity contribution in [3.63, 3.8) is 0 Å². The third kappa shape index (κ3) is 2.84. The summed E-state index contributed by atoms with van der Waals surface area (Å²) < 4.78 is 4.05. The molecule has 0 spiro atoms. The van der Waals surface area contributed by atoms with Crippen molar-refractivity contribution in [2.24, 2.45) is 0 Å². The van der Waals surface area contributed by atoms with Crippen molar-refractivity contribution in [2.75, 3.05) is 0 Å². The Morgan fingerprint density at radius 1 is 1.50 bits per heavy atom. The zero-order chi connectivity index (χ0) is 12.1. The molecular formula is C12H21N2O2+. The summed E-state index contributed by atoms with van der Waals surface area (Å²) in [5.74, 6) is 0.347. The van der Waals surface area contributed by atoms with Gasteiger partial charge in [-0.2, -0.15) is 0 Å². The number of aliphatic carboxylic acids is 1. The van der Waals surface area contributed by atoms with Crippen molar-refractivity contribution in [1.82, 2.24) is 4.57 Å². The van der Waals surface area contributed by atoms with Gasteiger partial charge in [0.1, 0.15) is 11.9 Å². The van der Waals surface area contributed by atoms with Gasteiger partial charge in [0, 0.05) is 13.3 Å². The molecule has 0 unspecified atom stereocenters. The summed E-state index contributed by atoms with van der Waals surface area (Å²) in [4.78, 5) is 10.8. The van der Waals surface area contributed by atoms with Crippen LogP contribution in [0.1, 0.15) is 38.2 Å². The van der Waals surface area contributed by atoms with E-state index < -0.39 is 5.97 Å². The fraction of sp³-hybridized carbons (Fsp3) is 0.667. The van der Waals surface area contributed by atoms with E-state index in [0.29, 0.717) is 0 Å². The maximum absolute atomic E-state index is 10.8. The summed E-state index contributed by atoms with van der Waals surface area (Å²) in [6.07, 6.45) is 5.11. The van der Waals surface area contributed by atoms with E-state index in [9.17, 15) is 4.79 Å². The maximum Gasteiger partial charge on any atom is 0.346 e. The predicted octanol–water partition coefficient (Wildman–Crippen LogP) is 1.53. The number of carbonyl (C=O) groups is 1. The Morgan fingerprint density at radius 3 is 2.69 bits per heavy atom. The van der Waals surface area contributed by atoms with Crippen LogP contribution in [0.5, 0.6) is 0 Å². The first-order valence-electron chi connectivity index (χ1n) is 5.90. The SMILES string of the molecule is CCCCc1n(CC)c(C)c[n+]1CC(=O)O. The Bertz CT molecular complexity index is 369. The zero-order valence-electron chi connectivity index (χ0n) is 10.4. The molecule has 4 heteroatoms. The van der Waals surface area contributed by atoms with Gasteiger partial charge in [0.2, 0.25) is 0 Å². The van der Waals surface area contributed by atoms with Crippen LogP contribution in [0, 0.1) is 6.92 Å². The van der Waals surface area contributed by atoms with Crippen molar-refractivity contribution >= 4 is 5.97 Å². The van der Waals surface area contributed by atoms with Gasteiger partial charge in [-0.15, -0.1) is 0 Å². The van der Waals surface area contributed by atoms with Gasteiger partial charge in [0.25, 0.3) is 5.82 Å². The van der Waals surface area contributed by atoms with E-state index in [0.717, 1.165) is 37.3 Å². The second kappa shape index (κ2) is 5.68. The van der Waals surface area contributed by atoms with Crippen molar-refractivity contribution < 1.29 is 14.5 Å². The number of nitrogens with zero attached hydrogens (tertiary/aromatic N) is 2. The van der Waals surface area contributed by atoms with E-state index in [1.54, 1.807) is 0 Å². The summed E-state index contributed by atoms with van der Waals surface area (Å²) in [6.45, 7) is 7.23. The Labute approximate surface area is 96.5 Å². The lowest BCUT2D eigenvalue weighted by molar-refractivity contribution is -0.693. The third-order valence-corrected chi connectivity index (χ3v) is 2.79. The highest BCUT2D eigenvalue weighted by atomic mass is 16.4. The molecule has 1 aromatic rings. The minimum Gasteiger partial charge on any atom is -0.478 e. The standard InChI is InChI=1S/C12H20N2O2/c1-4-6-7-11-13(9-12(15)16)8-10(3)14(11)5-2/h8H,4-7,9H2,1-3H3/p+1. The number of aromatic nitrogens is 2. The summed E-state index contributed by atoms with van der Waals surface area (Å²) in [7, 11) is 0. The van der Waals surface area contributed by atoms with E-state index >= 15 is 0 Å². The quantitative estimate of drug-likeness (QED) is 0.746. The van der Waals surface area contributed by atoms with E-state index in [4.69, 9.17) is 5.11 Å². The van der Waals surface area contributed by atoms with Gasteiger partial charge in [0.15, 0.2) is 6.54 Å². The average Bonchev–Trinajstić information content (AvgIpc) is 2.50. The van der Waals surface area contributed by atoms with E-state index in [-0.39, 0.29) is 6.54 Å². The zero-order valence-corrected chi connectivity index (χ0v) is 10.4. The van der Waals surface area contributed by atoms with Gasteiger partial charge in [-0.3, -0.25) is 0 Å². The van der Waals surface area contributed by atoms with Gasteiger partial charge >= 0.3 is 5.97 Å². The van der Waals surface area contributed by atoms with Gasteiger partial charge in [-0.05, 0) is 13.3 Å². The molecule has 0 aliphatic rings. The van der Waals surface area contributed by atoms with Crippen molar-refractivity contribution in [3.05, 3.63) is 17.7 Å². The largest absolute Gasteiger partial charge is 0.478 e. The fourth-order valence-electron chi connectivity index (χ4n) is 2.06. The van der Waals surface area contributed by atoms with Gasteiger partial charge < -0.3 is 5.11 Å². The van der Waals surface area contributed by atoms with Crippen LogP contribution in [0.25, 0.3) is 0 Å². The minimum atomic E-state index is -0.781. The molecule has 90 valence electrons. The van der Waals surface area contributed by atoms with Crippen LogP contribution in [0.4, 0.5) is 0 Å². The molecule has 0 amide bonds. The lowest BCUT2D eigenvalue weighted by Gasteiger charge is -2.02. The van der Waals surface area contributed by atoms with Crippen LogP contribution in [-0.4, -0.2) is 15.6 Å². The summed E-state index contributed by atoms with van der Waals surface area (Å²) >= 11 is 0. The molecule has 0 radical (unpaired) electrons. The molecule has 0 saturated heterocycles. The lowest BCUT2D eigenvalue weighted by Crippen LogP contribution is -2.40. The van der Waals surface area contributed by atoms with Crippen LogP contribution < -0.4 is 4.57 Å². The van der Waals surface area contributed by atoms with E-state index in [1.165, 1.54) is 0 Å². The van der Waals surface area contributed by atoms with Crippen LogP contribution >= 0.6 is 0 Å². The topological polar surface area (TPSA) is 46.1 Å². The maximum atomic E-state index is 10.8. The van der Waals surface area contributed by atoms with Gasteiger partial charge in [-0.25, -0.2) is 13.9 Å². The molecule has 1 heterocycles. The molecule has 0 saturated carbocycles. The van der Waals surface area contributed by atoms with Crippen LogP contribution in [0.3, 0.4) is 0 Å². The number of rotatable bonds is 6. The molecule has 1 N–H and O–H groups in total. The normalized spacial score (nSPS) is 10.7. The number of carboxylic acids is 1. The lowest BCUT2D eigenvalue weighted by atomic mass is 10.2. The molecule has 0 aromatic carbocycles. The fourth-order valence-corrected chi connectivity index (χ4v) is 2.06. The van der Waals surface area contributed by atoms with E-state index in [2.05, 4.69) is 18.4 Å². The molecule has 0 aliphatic carbocycles. The smallest absolute Gasteiger partial charge is 0.346 e. The van der Waals surface area contributed by atoms with Crippen LogP contribution in [0.2, 0.25) is 0 Å². The summed E-state index contributed by atoms with van der Waals surface area (Å²) in [5.41, 5.74) is 1.13. The first kappa shape index (κ1) is 12.7. The highest BCUT2D eigenvalue weighted by molar-refractivity contribution is 5.64. The Balaban J connectivity index is 3.00. The van der Waals surface area contributed by atoms with Crippen molar-refractivity contribution in [3.8, 4) is 0 Å². The first-order chi connectivity index (χ1) is 7.60. The van der Waals surface area contributed by atoms with Crippen LogP contribution in [0.15, 0.2) is 6.20 Å². The number of carboxylic acid groups (broad SMARTS) is 1. The van der Waals surface area contributed by atoms with Gasteiger partial charge in [-0.1, -0.05) is 13.3 Å². The number of hydrogen-bond donors (Lipinski definition) is 1. The molecule has 16 heavy (non-hydrogen) atoms. The summed E-state index contributed by atoms with van der Waals surface area (Å²) in [6, 6.07) is 0. The van der Waals surface area contributed by atoms with Crippen molar-refractivity contribution in [2.45, 2.75) is 53.1 Å².